The highest BCUT2D eigenvalue weighted by Gasteiger charge is 2.24. The van der Waals surface area contributed by atoms with E-state index in [0.717, 1.165) is 44.0 Å². The summed E-state index contributed by atoms with van der Waals surface area (Å²) in [6.07, 6.45) is 0. The second-order valence-corrected chi connectivity index (χ2v) is 13.1. The van der Waals surface area contributed by atoms with Gasteiger partial charge in [0.1, 0.15) is 5.82 Å². The van der Waals surface area contributed by atoms with Gasteiger partial charge < -0.3 is 0 Å². The summed E-state index contributed by atoms with van der Waals surface area (Å²) in [5.41, 5.74) is 10.1. The SMILES string of the molecule is CC(C)c1cc(-c2ccccc2)cc(C(C)C)c1-n1c(-c2ccc3c4ccccc4c4cc(C#N)ccc4c3c2)nc2ccccc21. The van der Waals surface area contributed by atoms with E-state index in [9.17, 15) is 5.26 Å². The summed E-state index contributed by atoms with van der Waals surface area (Å²) in [6, 6.07) is 47.6. The summed E-state index contributed by atoms with van der Waals surface area (Å²) in [4.78, 5) is 5.34. The average molecular weight is 606 g/mol. The lowest BCUT2D eigenvalue weighted by Crippen LogP contribution is -2.09. The van der Waals surface area contributed by atoms with Crippen LogP contribution in [0.4, 0.5) is 0 Å². The van der Waals surface area contributed by atoms with Gasteiger partial charge in [0, 0.05) is 5.56 Å². The van der Waals surface area contributed by atoms with Crippen LogP contribution in [0.2, 0.25) is 0 Å². The van der Waals surface area contributed by atoms with Gasteiger partial charge in [-0.05, 0) is 109 Å². The summed E-state index contributed by atoms with van der Waals surface area (Å²) in [5, 5.41) is 16.7. The molecule has 226 valence electrons. The molecule has 1 aromatic heterocycles. The van der Waals surface area contributed by atoms with E-state index < -0.39 is 0 Å². The van der Waals surface area contributed by atoms with Gasteiger partial charge in [-0.3, -0.25) is 4.57 Å². The molecule has 0 spiro atoms. The van der Waals surface area contributed by atoms with Crippen LogP contribution >= 0.6 is 0 Å². The predicted molar refractivity (Wildman–Crippen MR) is 197 cm³/mol. The highest BCUT2D eigenvalue weighted by molar-refractivity contribution is 6.26. The quantitative estimate of drug-likeness (QED) is 0.183. The number of nitriles is 1. The molecule has 1 heterocycles. The number of para-hydroxylation sites is 2. The number of benzene rings is 7. The summed E-state index contributed by atoms with van der Waals surface area (Å²) in [6.45, 7) is 9.16. The zero-order valence-electron chi connectivity index (χ0n) is 27.1. The Morgan fingerprint density at radius 1 is 0.532 bits per heavy atom. The van der Waals surface area contributed by atoms with Crippen LogP contribution in [0.15, 0.2) is 127 Å². The number of imidazole rings is 1. The molecule has 7 aromatic carbocycles. The maximum atomic E-state index is 9.73. The molecule has 3 nitrogen and oxygen atoms in total. The second kappa shape index (κ2) is 11.3. The predicted octanol–water partition coefficient (Wildman–Crippen LogP) is 11.9. The molecule has 8 aromatic rings. The minimum absolute atomic E-state index is 0.293. The average Bonchev–Trinajstić information content (AvgIpc) is 3.50. The van der Waals surface area contributed by atoms with Crippen molar-refractivity contribution in [3.8, 4) is 34.3 Å². The van der Waals surface area contributed by atoms with Crippen molar-refractivity contribution >= 4 is 43.4 Å². The fourth-order valence-electron chi connectivity index (χ4n) is 7.23. The lowest BCUT2D eigenvalue weighted by molar-refractivity contribution is 0.811. The number of fused-ring (bicyclic) bond motifs is 7. The Morgan fingerprint density at radius 2 is 1.11 bits per heavy atom. The van der Waals surface area contributed by atoms with Gasteiger partial charge in [-0.25, -0.2) is 4.98 Å². The third kappa shape index (κ3) is 4.68. The molecule has 0 amide bonds. The van der Waals surface area contributed by atoms with Crippen molar-refractivity contribution in [3.05, 3.63) is 144 Å². The monoisotopic (exact) mass is 605 g/mol. The fraction of sp³-hybridized carbons (Fsp3) is 0.136. The smallest absolute Gasteiger partial charge is 0.145 e. The normalized spacial score (nSPS) is 11.8. The van der Waals surface area contributed by atoms with Crippen LogP contribution < -0.4 is 0 Å². The van der Waals surface area contributed by atoms with Crippen LogP contribution in [-0.4, -0.2) is 9.55 Å². The highest BCUT2D eigenvalue weighted by Crippen LogP contribution is 2.42. The van der Waals surface area contributed by atoms with Crippen molar-refractivity contribution in [3.63, 3.8) is 0 Å². The lowest BCUT2D eigenvalue weighted by atomic mass is 9.88. The molecule has 0 aliphatic carbocycles. The molecule has 8 rings (SSSR count). The van der Waals surface area contributed by atoms with Gasteiger partial charge in [-0.15, -0.1) is 0 Å². The largest absolute Gasteiger partial charge is 0.292 e. The first-order valence-electron chi connectivity index (χ1n) is 16.4. The van der Waals surface area contributed by atoms with E-state index in [1.807, 2.05) is 12.1 Å². The summed E-state index contributed by atoms with van der Waals surface area (Å²) < 4.78 is 2.41. The molecule has 0 N–H and O–H groups in total. The number of nitrogens with zero attached hydrogens (tertiary/aromatic N) is 3. The van der Waals surface area contributed by atoms with Gasteiger partial charge in [0.2, 0.25) is 0 Å². The van der Waals surface area contributed by atoms with Crippen LogP contribution in [-0.2, 0) is 0 Å². The summed E-state index contributed by atoms with van der Waals surface area (Å²) in [5.74, 6) is 1.52. The topological polar surface area (TPSA) is 41.6 Å². The maximum absolute atomic E-state index is 9.73. The second-order valence-electron chi connectivity index (χ2n) is 13.1. The first-order chi connectivity index (χ1) is 22.9. The number of rotatable bonds is 5. The Hall–Kier alpha value is -5.72. The molecule has 0 radical (unpaired) electrons. The van der Waals surface area contributed by atoms with Crippen molar-refractivity contribution in [1.82, 2.24) is 9.55 Å². The highest BCUT2D eigenvalue weighted by atomic mass is 15.1. The summed E-state index contributed by atoms with van der Waals surface area (Å²) >= 11 is 0. The van der Waals surface area contributed by atoms with Crippen LogP contribution in [0, 0.1) is 11.3 Å². The van der Waals surface area contributed by atoms with Crippen LogP contribution in [0.3, 0.4) is 0 Å². The van der Waals surface area contributed by atoms with Crippen molar-refractivity contribution in [2.45, 2.75) is 39.5 Å². The molecule has 0 aliphatic heterocycles. The molecule has 0 saturated carbocycles. The van der Waals surface area contributed by atoms with E-state index in [4.69, 9.17) is 4.98 Å². The van der Waals surface area contributed by atoms with Crippen molar-refractivity contribution in [1.29, 1.82) is 5.26 Å². The Labute approximate surface area is 275 Å². The molecule has 47 heavy (non-hydrogen) atoms. The minimum atomic E-state index is 0.293. The molecular formula is C44H35N3. The molecule has 0 atom stereocenters. The first kappa shape index (κ1) is 28.7. The van der Waals surface area contributed by atoms with Crippen LogP contribution in [0.5, 0.6) is 0 Å². The van der Waals surface area contributed by atoms with Gasteiger partial charge in [0.05, 0.1) is 28.4 Å². The molecule has 0 saturated heterocycles. The van der Waals surface area contributed by atoms with Crippen molar-refractivity contribution in [2.75, 3.05) is 0 Å². The molecule has 3 heteroatoms. The Balaban J connectivity index is 1.46. The fourth-order valence-corrected chi connectivity index (χ4v) is 7.23. The Bertz CT molecular complexity index is 2500. The van der Waals surface area contributed by atoms with E-state index in [1.165, 1.54) is 38.7 Å². The number of hydrogen-bond donors (Lipinski definition) is 0. The van der Waals surface area contributed by atoms with Gasteiger partial charge in [0.15, 0.2) is 0 Å². The van der Waals surface area contributed by atoms with Crippen LogP contribution in [0.1, 0.15) is 56.2 Å². The molecule has 0 aliphatic rings. The molecule has 0 fully saturated rings. The van der Waals surface area contributed by atoms with Gasteiger partial charge in [-0.2, -0.15) is 5.26 Å². The van der Waals surface area contributed by atoms with E-state index in [0.29, 0.717) is 17.4 Å². The molecule has 0 unspecified atom stereocenters. The third-order valence-corrected chi connectivity index (χ3v) is 9.53. The van der Waals surface area contributed by atoms with Crippen LogP contribution in [0.25, 0.3) is 71.6 Å². The number of aromatic nitrogens is 2. The maximum Gasteiger partial charge on any atom is 0.145 e. The zero-order valence-corrected chi connectivity index (χ0v) is 27.1. The van der Waals surface area contributed by atoms with Gasteiger partial charge in [0.25, 0.3) is 0 Å². The van der Waals surface area contributed by atoms with Crippen molar-refractivity contribution in [2.24, 2.45) is 0 Å². The van der Waals surface area contributed by atoms with Crippen molar-refractivity contribution < 1.29 is 0 Å². The standard InChI is InChI=1S/C44H35N3/c1-27(2)37-24-32(30-12-6-5-7-13-30)25-38(28(3)4)43(37)47-42-17-11-10-16-41(42)46-44(47)31-19-21-35-33-14-8-9-15-34(33)39-22-29(26-45)18-20-36(39)40(35)23-31/h5-25,27-28H,1-4H3. The van der Waals surface area contributed by atoms with E-state index in [1.54, 1.807) is 0 Å². The van der Waals surface area contributed by atoms with E-state index >= 15 is 0 Å². The Morgan fingerprint density at radius 3 is 1.81 bits per heavy atom. The zero-order chi connectivity index (χ0) is 32.2. The van der Waals surface area contributed by atoms with Gasteiger partial charge >= 0.3 is 0 Å². The minimum Gasteiger partial charge on any atom is -0.292 e. The Kier molecular flexibility index (Phi) is 6.89. The van der Waals surface area contributed by atoms with Gasteiger partial charge in [-0.1, -0.05) is 113 Å². The van der Waals surface area contributed by atoms with E-state index in [-0.39, 0.29) is 0 Å². The lowest BCUT2D eigenvalue weighted by Gasteiger charge is -2.24. The third-order valence-electron chi connectivity index (χ3n) is 9.53. The first-order valence-corrected chi connectivity index (χ1v) is 16.4. The molecular weight excluding hydrogens is 571 g/mol. The van der Waals surface area contributed by atoms with E-state index in [2.05, 4.69) is 154 Å². The number of hydrogen-bond acceptors (Lipinski definition) is 2. The summed E-state index contributed by atoms with van der Waals surface area (Å²) in [7, 11) is 0. The molecule has 0 bridgehead atoms.